The Morgan fingerprint density at radius 1 is 1.36 bits per heavy atom. The minimum Gasteiger partial charge on any atom is -0.379 e. The molecule has 0 unspecified atom stereocenters. The van der Waals surface area contributed by atoms with Crippen molar-refractivity contribution >= 4 is 10.2 Å². The largest absolute Gasteiger partial charge is 0.379 e. The van der Waals surface area contributed by atoms with Gasteiger partial charge in [0, 0.05) is 13.1 Å². The predicted molar refractivity (Wildman–Crippen MR) is 51.4 cm³/mol. The van der Waals surface area contributed by atoms with E-state index >= 15 is 0 Å². The van der Waals surface area contributed by atoms with E-state index in [9.17, 15) is 12.3 Å². The summed E-state index contributed by atoms with van der Waals surface area (Å²) in [5.41, 5.74) is 0. The van der Waals surface area contributed by atoms with Gasteiger partial charge in [-0.3, -0.25) is 4.70 Å². The molecule has 0 spiro atoms. The minimum absolute atomic E-state index is 0. The molecule has 0 saturated carbocycles. The fraction of sp³-hybridized carbons (Fsp3) is 1.00. The van der Waals surface area contributed by atoms with Crippen LogP contribution in [0.15, 0.2) is 0 Å². The molecule has 0 aromatic rings. The molecule has 1 heterocycles. The molecule has 1 fully saturated rings. The Bertz CT molecular complexity index is 193. The molecular formula is C7H17F2NO3S. The van der Waals surface area contributed by atoms with Gasteiger partial charge in [0.2, 0.25) is 0 Å². The summed E-state index contributed by atoms with van der Waals surface area (Å²) in [7, 11) is -4.17. The van der Waals surface area contributed by atoms with Crippen LogP contribution in [0.1, 0.15) is 13.3 Å². The molecule has 88 valence electrons. The minimum atomic E-state index is -4.17. The maximum Gasteiger partial charge on any atom is 0.302 e. The first-order valence-corrected chi connectivity index (χ1v) is 5.82. The lowest BCUT2D eigenvalue weighted by Gasteiger charge is -2.10. The summed E-state index contributed by atoms with van der Waals surface area (Å²) in [5.74, 6) is -0.354. The van der Waals surface area contributed by atoms with E-state index in [1.165, 1.54) is 0 Å². The third-order valence-electron chi connectivity index (χ3n) is 1.29. The molecule has 1 saturated heterocycles. The maximum absolute atomic E-state index is 11.4. The van der Waals surface area contributed by atoms with Crippen LogP contribution in [0.5, 0.6) is 0 Å². The average Bonchev–Trinajstić information content (AvgIpc) is 2.06. The zero-order valence-electron chi connectivity index (χ0n) is 8.16. The van der Waals surface area contributed by atoms with Crippen molar-refractivity contribution in [1.29, 1.82) is 0 Å². The van der Waals surface area contributed by atoms with E-state index in [-0.39, 0.29) is 10.5 Å². The van der Waals surface area contributed by atoms with Gasteiger partial charge in [0.1, 0.15) is 0 Å². The highest BCUT2D eigenvalue weighted by Crippen LogP contribution is 1.91. The van der Waals surface area contributed by atoms with Crippen LogP contribution in [0.2, 0.25) is 0 Å². The molecule has 1 aliphatic heterocycles. The molecule has 0 aliphatic carbocycles. The molecule has 0 aromatic heterocycles. The van der Waals surface area contributed by atoms with Gasteiger partial charge >= 0.3 is 10.2 Å². The van der Waals surface area contributed by atoms with Crippen molar-refractivity contribution < 1.29 is 21.7 Å². The third kappa shape index (κ3) is 14.3. The van der Waals surface area contributed by atoms with Gasteiger partial charge in [-0.15, -0.1) is 3.89 Å². The quantitative estimate of drug-likeness (QED) is 0.704. The van der Waals surface area contributed by atoms with Gasteiger partial charge in [-0.05, 0) is 6.42 Å². The fourth-order valence-electron chi connectivity index (χ4n) is 0.760. The van der Waals surface area contributed by atoms with Crippen molar-refractivity contribution in [1.82, 2.24) is 5.32 Å². The second-order valence-corrected chi connectivity index (χ2v) is 4.09. The average molecular weight is 233 g/mol. The lowest BCUT2D eigenvalue weighted by atomic mass is 10.5. The van der Waals surface area contributed by atoms with Crippen LogP contribution in [-0.4, -0.2) is 40.5 Å². The lowest BCUT2D eigenvalue weighted by molar-refractivity contribution is 0.109. The Labute approximate surface area is 83.4 Å². The van der Waals surface area contributed by atoms with E-state index in [1.54, 1.807) is 6.92 Å². The summed E-state index contributed by atoms with van der Waals surface area (Å²) >= 11 is 0. The fourth-order valence-corrected chi connectivity index (χ4v) is 1.25. The zero-order valence-corrected chi connectivity index (χ0v) is 8.98. The van der Waals surface area contributed by atoms with Gasteiger partial charge in [0.15, 0.2) is 0 Å². The topological polar surface area (TPSA) is 55.4 Å². The van der Waals surface area contributed by atoms with Crippen LogP contribution in [0.25, 0.3) is 0 Å². The molecule has 0 atom stereocenters. The second kappa shape index (κ2) is 9.29. The summed E-state index contributed by atoms with van der Waals surface area (Å²) in [6.45, 7) is 5.44. The zero-order chi connectivity index (χ0) is 10.2. The molecule has 7 heteroatoms. The molecule has 0 radical (unpaired) electrons. The predicted octanol–water partition coefficient (Wildman–Crippen LogP) is 0.454. The van der Waals surface area contributed by atoms with Crippen LogP contribution in [-0.2, 0) is 15.0 Å². The number of halogens is 2. The molecule has 0 amide bonds. The lowest BCUT2D eigenvalue weighted by Crippen LogP contribution is -2.30. The normalized spacial score (nSPS) is 16.1. The van der Waals surface area contributed by atoms with Gasteiger partial charge in [-0.2, -0.15) is 8.42 Å². The van der Waals surface area contributed by atoms with E-state index < -0.39 is 10.2 Å². The van der Waals surface area contributed by atoms with E-state index in [1.807, 2.05) is 0 Å². The Kier molecular flexibility index (Phi) is 10.7. The van der Waals surface area contributed by atoms with Crippen molar-refractivity contribution in [3.8, 4) is 0 Å². The van der Waals surface area contributed by atoms with E-state index in [0.29, 0.717) is 6.42 Å². The standard InChI is InChI=1S/C4H9NO.C3H7FO2S.FH/c1-3-6-4-2-5-1;1-2-3-7(4,5)6;/h5H,1-4H2;2-3H2,1H3;1H. The molecule has 4 nitrogen and oxygen atoms in total. The summed E-state index contributed by atoms with van der Waals surface area (Å²) in [5, 5.41) is 3.16. The second-order valence-electron chi connectivity index (χ2n) is 2.61. The van der Waals surface area contributed by atoms with Crippen LogP contribution in [0, 0.1) is 0 Å². The Hall–Kier alpha value is -0.270. The van der Waals surface area contributed by atoms with Gasteiger partial charge in [-0.1, -0.05) is 6.92 Å². The van der Waals surface area contributed by atoms with Crippen LogP contribution >= 0.6 is 0 Å². The first-order valence-electron chi connectivity index (χ1n) is 4.27. The van der Waals surface area contributed by atoms with Gasteiger partial charge in [0.05, 0.1) is 19.0 Å². The number of hydrogen-bond acceptors (Lipinski definition) is 4. The van der Waals surface area contributed by atoms with Crippen LogP contribution < -0.4 is 5.32 Å². The molecular weight excluding hydrogens is 216 g/mol. The molecule has 1 aliphatic rings. The number of morpholine rings is 1. The molecule has 1 rings (SSSR count). The van der Waals surface area contributed by atoms with Gasteiger partial charge in [0.25, 0.3) is 0 Å². The first-order chi connectivity index (χ1) is 6.06. The van der Waals surface area contributed by atoms with Gasteiger partial charge in [-0.25, -0.2) is 0 Å². The van der Waals surface area contributed by atoms with Crippen molar-refractivity contribution in [2.75, 3.05) is 32.1 Å². The highest BCUT2D eigenvalue weighted by Gasteiger charge is 2.01. The SMILES string of the molecule is C1COCCN1.CCCS(=O)(=O)F.F. The van der Waals surface area contributed by atoms with Crippen molar-refractivity contribution in [3.05, 3.63) is 0 Å². The van der Waals surface area contributed by atoms with E-state index in [0.717, 1.165) is 26.3 Å². The summed E-state index contributed by atoms with van der Waals surface area (Å²) in [4.78, 5) is 0. The summed E-state index contributed by atoms with van der Waals surface area (Å²) in [6.07, 6.45) is 0.346. The number of ether oxygens (including phenoxy) is 1. The monoisotopic (exact) mass is 233 g/mol. The molecule has 1 N–H and O–H groups in total. The van der Waals surface area contributed by atoms with E-state index in [4.69, 9.17) is 4.74 Å². The molecule has 0 aromatic carbocycles. The smallest absolute Gasteiger partial charge is 0.302 e. The molecule has 14 heavy (non-hydrogen) atoms. The highest BCUT2D eigenvalue weighted by molar-refractivity contribution is 7.86. The summed E-state index contributed by atoms with van der Waals surface area (Å²) in [6, 6.07) is 0. The van der Waals surface area contributed by atoms with E-state index in [2.05, 4.69) is 5.32 Å². The first kappa shape index (κ1) is 16.2. The highest BCUT2D eigenvalue weighted by atomic mass is 32.3. The third-order valence-corrected chi connectivity index (χ3v) is 2.19. The Morgan fingerprint density at radius 2 is 1.86 bits per heavy atom. The Balaban J connectivity index is 0. The van der Waals surface area contributed by atoms with Gasteiger partial charge < -0.3 is 10.1 Å². The van der Waals surface area contributed by atoms with Crippen molar-refractivity contribution in [2.45, 2.75) is 13.3 Å². The molecule has 0 bridgehead atoms. The van der Waals surface area contributed by atoms with Crippen LogP contribution in [0.3, 0.4) is 0 Å². The Morgan fingerprint density at radius 3 is 1.93 bits per heavy atom. The maximum atomic E-state index is 11.4. The number of hydrogen-bond donors (Lipinski definition) is 1. The number of nitrogens with one attached hydrogen (secondary N) is 1. The van der Waals surface area contributed by atoms with Crippen molar-refractivity contribution in [3.63, 3.8) is 0 Å². The van der Waals surface area contributed by atoms with Crippen LogP contribution in [0.4, 0.5) is 8.59 Å². The number of rotatable bonds is 2. The summed E-state index contributed by atoms with van der Waals surface area (Å²) < 4.78 is 35.5. The van der Waals surface area contributed by atoms with Crippen molar-refractivity contribution in [2.24, 2.45) is 0 Å².